The molecule has 0 aliphatic heterocycles. The van der Waals surface area contributed by atoms with Crippen LogP contribution in [0.15, 0.2) is 22.5 Å². The van der Waals surface area contributed by atoms with Gasteiger partial charge in [0.25, 0.3) is 11.7 Å². The van der Waals surface area contributed by atoms with Crippen LogP contribution in [0.3, 0.4) is 0 Å². The minimum absolute atomic E-state index is 0.00852. The van der Waals surface area contributed by atoms with Crippen molar-refractivity contribution in [1.29, 1.82) is 0 Å². The van der Waals surface area contributed by atoms with Crippen LogP contribution in [0.5, 0.6) is 0 Å². The fraction of sp³-hybridized carbons (Fsp3) is 0.100. The topological polar surface area (TPSA) is 96.5 Å². The van der Waals surface area contributed by atoms with E-state index in [-0.39, 0.29) is 5.82 Å². The van der Waals surface area contributed by atoms with Crippen molar-refractivity contribution in [2.75, 3.05) is 11.6 Å². The van der Waals surface area contributed by atoms with E-state index in [1.54, 1.807) is 29.2 Å². The maximum Gasteiger partial charge on any atom is 0.297 e. The number of hydrogen-bond donors (Lipinski definition) is 2. The van der Waals surface area contributed by atoms with Crippen molar-refractivity contribution >= 4 is 44.9 Å². The zero-order valence-electron chi connectivity index (χ0n) is 9.75. The SMILES string of the molecule is CSc1nc2ccc(NC(=O)c3nn[nH]n3)cc2s1. The number of nitrogens with one attached hydrogen (secondary N) is 2. The van der Waals surface area contributed by atoms with Gasteiger partial charge >= 0.3 is 0 Å². The van der Waals surface area contributed by atoms with Crippen molar-refractivity contribution < 1.29 is 4.79 Å². The lowest BCUT2D eigenvalue weighted by molar-refractivity contribution is 0.101. The van der Waals surface area contributed by atoms with E-state index < -0.39 is 5.91 Å². The fourth-order valence-electron chi connectivity index (χ4n) is 1.51. The number of carbonyl (C=O) groups is 1. The number of aromatic nitrogens is 5. The van der Waals surface area contributed by atoms with Gasteiger partial charge in [-0.05, 0) is 29.7 Å². The quantitative estimate of drug-likeness (QED) is 0.714. The van der Waals surface area contributed by atoms with Crippen molar-refractivity contribution in [3.05, 3.63) is 24.0 Å². The Morgan fingerprint density at radius 3 is 3.11 bits per heavy atom. The smallest absolute Gasteiger partial charge is 0.297 e. The summed E-state index contributed by atoms with van der Waals surface area (Å²) in [4.78, 5) is 16.2. The first kappa shape index (κ1) is 12.1. The molecule has 3 aromatic rings. The molecule has 96 valence electrons. The number of thioether (sulfide) groups is 1. The summed E-state index contributed by atoms with van der Waals surface area (Å²) in [7, 11) is 0. The largest absolute Gasteiger partial charge is 0.319 e. The molecule has 0 atom stereocenters. The molecule has 1 amide bonds. The zero-order chi connectivity index (χ0) is 13.2. The molecule has 2 heterocycles. The summed E-state index contributed by atoms with van der Waals surface area (Å²) in [5, 5.41) is 15.5. The Hall–Kier alpha value is -2.00. The maximum absolute atomic E-state index is 11.8. The van der Waals surface area contributed by atoms with E-state index in [1.165, 1.54) is 0 Å². The van der Waals surface area contributed by atoms with Crippen LogP contribution in [0.1, 0.15) is 10.6 Å². The van der Waals surface area contributed by atoms with Crippen LogP contribution in [0.2, 0.25) is 0 Å². The van der Waals surface area contributed by atoms with Crippen LogP contribution < -0.4 is 5.32 Å². The van der Waals surface area contributed by atoms with Gasteiger partial charge in [-0.25, -0.2) is 4.98 Å². The molecule has 9 heteroatoms. The second-order valence-electron chi connectivity index (χ2n) is 3.56. The first-order chi connectivity index (χ1) is 9.26. The van der Waals surface area contributed by atoms with Gasteiger partial charge in [0, 0.05) is 5.69 Å². The van der Waals surface area contributed by atoms with Crippen molar-refractivity contribution in [2.45, 2.75) is 4.34 Å². The molecule has 0 bridgehead atoms. The first-order valence-electron chi connectivity index (χ1n) is 5.25. The maximum atomic E-state index is 11.8. The monoisotopic (exact) mass is 292 g/mol. The van der Waals surface area contributed by atoms with E-state index in [1.807, 2.05) is 18.4 Å². The molecule has 7 nitrogen and oxygen atoms in total. The highest BCUT2D eigenvalue weighted by Gasteiger charge is 2.11. The van der Waals surface area contributed by atoms with Crippen LogP contribution in [0, 0.1) is 0 Å². The number of benzene rings is 1. The number of tetrazole rings is 1. The van der Waals surface area contributed by atoms with Crippen LogP contribution in [-0.2, 0) is 0 Å². The van der Waals surface area contributed by atoms with Crippen LogP contribution >= 0.6 is 23.1 Å². The van der Waals surface area contributed by atoms with Crippen LogP contribution in [-0.4, -0.2) is 37.8 Å². The van der Waals surface area contributed by atoms with E-state index in [9.17, 15) is 4.79 Å². The van der Waals surface area contributed by atoms with Gasteiger partial charge in [-0.2, -0.15) is 5.21 Å². The molecular weight excluding hydrogens is 284 g/mol. The van der Waals surface area contributed by atoms with Crippen molar-refractivity contribution in [1.82, 2.24) is 25.6 Å². The molecule has 0 radical (unpaired) electrons. The number of fused-ring (bicyclic) bond motifs is 1. The molecule has 0 saturated carbocycles. The predicted octanol–water partition coefficient (Wildman–Crippen LogP) is 1.78. The predicted molar refractivity (Wildman–Crippen MR) is 73.5 cm³/mol. The molecule has 0 aliphatic rings. The Morgan fingerprint density at radius 1 is 1.47 bits per heavy atom. The standard InChI is InChI=1S/C10H8N6OS2/c1-18-10-12-6-3-2-5(4-7(6)19-10)11-9(17)8-13-15-16-14-8/h2-4H,1H3,(H,11,17)(H,13,14,15,16). The number of carbonyl (C=O) groups excluding carboxylic acids is 1. The van der Waals surface area contributed by atoms with E-state index in [2.05, 4.69) is 30.9 Å². The molecule has 0 aliphatic carbocycles. The van der Waals surface area contributed by atoms with Crippen molar-refractivity contribution in [3.63, 3.8) is 0 Å². The lowest BCUT2D eigenvalue weighted by Gasteiger charge is -2.01. The summed E-state index contributed by atoms with van der Waals surface area (Å²) in [5.74, 6) is -0.392. The average molecular weight is 292 g/mol. The normalized spacial score (nSPS) is 10.8. The van der Waals surface area contributed by atoms with Gasteiger partial charge in [0.05, 0.1) is 10.2 Å². The molecule has 0 fully saturated rings. The highest BCUT2D eigenvalue weighted by atomic mass is 32.2. The van der Waals surface area contributed by atoms with Crippen molar-refractivity contribution in [2.24, 2.45) is 0 Å². The molecule has 3 rings (SSSR count). The fourth-order valence-corrected chi connectivity index (χ4v) is 3.04. The molecule has 0 spiro atoms. The summed E-state index contributed by atoms with van der Waals surface area (Å²) in [6.07, 6.45) is 1.98. The molecule has 0 saturated heterocycles. The second-order valence-corrected chi connectivity index (χ2v) is 5.64. The third kappa shape index (κ3) is 2.42. The summed E-state index contributed by atoms with van der Waals surface area (Å²) in [5.41, 5.74) is 1.60. The lowest BCUT2D eigenvalue weighted by Crippen LogP contribution is -2.13. The molecule has 0 unspecified atom stereocenters. The van der Waals surface area contributed by atoms with E-state index in [0.717, 1.165) is 14.6 Å². The van der Waals surface area contributed by atoms with E-state index in [4.69, 9.17) is 0 Å². The Bertz CT molecular complexity index is 723. The zero-order valence-corrected chi connectivity index (χ0v) is 11.4. The lowest BCUT2D eigenvalue weighted by atomic mass is 10.3. The first-order valence-corrected chi connectivity index (χ1v) is 7.30. The minimum atomic E-state index is -0.400. The number of thiazole rings is 1. The van der Waals surface area contributed by atoms with Gasteiger partial charge in [0.1, 0.15) is 0 Å². The number of nitrogens with zero attached hydrogens (tertiary/aromatic N) is 4. The highest BCUT2D eigenvalue weighted by Crippen LogP contribution is 2.29. The summed E-state index contributed by atoms with van der Waals surface area (Å²) >= 11 is 3.19. The number of amides is 1. The summed E-state index contributed by atoms with van der Waals surface area (Å²) in [6.45, 7) is 0. The number of anilines is 1. The van der Waals surface area contributed by atoms with Gasteiger partial charge in [0.15, 0.2) is 4.34 Å². The number of rotatable bonds is 3. The Balaban J connectivity index is 1.87. The second kappa shape index (κ2) is 4.94. The van der Waals surface area contributed by atoms with Gasteiger partial charge in [0.2, 0.25) is 0 Å². The molecular formula is C10H8N6OS2. The van der Waals surface area contributed by atoms with Gasteiger partial charge in [-0.1, -0.05) is 11.8 Å². The number of aromatic amines is 1. The Morgan fingerprint density at radius 2 is 2.37 bits per heavy atom. The van der Waals surface area contributed by atoms with Gasteiger partial charge in [-0.15, -0.1) is 21.5 Å². The molecule has 19 heavy (non-hydrogen) atoms. The molecule has 2 N–H and O–H groups in total. The Kier molecular flexibility index (Phi) is 3.13. The van der Waals surface area contributed by atoms with Crippen LogP contribution in [0.25, 0.3) is 10.2 Å². The van der Waals surface area contributed by atoms with Crippen LogP contribution in [0.4, 0.5) is 5.69 Å². The van der Waals surface area contributed by atoms with Gasteiger partial charge < -0.3 is 5.32 Å². The number of hydrogen-bond acceptors (Lipinski definition) is 7. The summed E-state index contributed by atoms with van der Waals surface area (Å²) in [6, 6.07) is 5.55. The third-order valence-electron chi connectivity index (χ3n) is 2.35. The molecule has 2 aromatic heterocycles. The van der Waals surface area contributed by atoms with Crippen molar-refractivity contribution in [3.8, 4) is 0 Å². The summed E-state index contributed by atoms with van der Waals surface area (Å²) < 4.78 is 2.02. The Labute approximate surface area is 115 Å². The highest BCUT2D eigenvalue weighted by molar-refractivity contribution is 8.00. The van der Waals surface area contributed by atoms with E-state index in [0.29, 0.717) is 5.69 Å². The molecule has 1 aromatic carbocycles. The number of H-pyrrole nitrogens is 1. The van der Waals surface area contributed by atoms with E-state index >= 15 is 0 Å². The third-order valence-corrected chi connectivity index (χ3v) is 4.35. The van der Waals surface area contributed by atoms with Gasteiger partial charge in [-0.3, -0.25) is 4.79 Å². The average Bonchev–Trinajstić information content (AvgIpc) is 3.07. The minimum Gasteiger partial charge on any atom is -0.319 e.